The lowest BCUT2D eigenvalue weighted by atomic mass is 10.2. The summed E-state index contributed by atoms with van der Waals surface area (Å²) >= 11 is 1.50. The van der Waals surface area contributed by atoms with Crippen molar-refractivity contribution in [1.82, 2.24) is 0 Å². The minimum atomic E-state index is -4.05. The molecule has 0 bridgehead atoms. The Kier molecular flexibility index (Phi) is 8.78. The number of carbonyl (C=O) groups excluding carboxylic acids is 2. The fourth-order valence-electron chi connectivity index (χ4n) is 3.27. The van der Waals surface area contributed by atoms with Gasteiger partial charge in [-0.05, 0) is 79.9 Å². The maximum absolute atomic E-state index is 13.6. The molecule has 0 saturated carbocycles. The fourth-order valence-corrected chi connectivity index (χ4v) is 5.10. The van der Waals surface area contributed by atoms with Crippen molar-refractivity contribution in [2.45, 2.75) is 23.6 Å². The highest BCUT2D eigenvalue weighted by Crippen LogP contribution is 2.27. The first kappa shape index (κ1) is 26.1. The van der Waals surface area contributed by atoms with E-state index < -0.39 is 22.5 Å². The van der Waals surface area contributed by atoms with E-state index >= 15 is 0 Å². The number of benzene rings is 3. The van der Waals surface area contributed by atoms with Crippen molar-refractivity contribution in [3.05, 3.63) is 72.8 Å². The molecule has 2 amide bonds. The Morgan fingerprint density at radius 3 is 2.14 bits per heavy atom. The van der Waals surface area contributed by atoms with Gasteiger partial charge in [0.2, 0.25) is 11.8 Å². The molecule has 2 N–H and O–H groups in total. The standard InChI is InChI=1S/C25H27N3O5S2/c1-4-33-22-10-8-21(9-11-22)28(35(31,32)24-14-12-23(34-3)13-15-24)17-25(30)27-20-7-5-6-19(16-20)26-18(2)29/h5-16H,4,17H2,1-3H3,(H,26,29)(H,27,30). The van der Waals surface area contributed by atoms with Crippen LogP contribution in [0.15, 0.2) is 82.6 Å². The molecule has 0 radical (unpaired) electrons. The van der Waals surface area contributed by atoms with Gasteiger partial charge in [-0.1, -0.05) is 6.07 Å². The van der Waals surface area contributed by atoms with Gasteiger partial charge in [0.1, 0.15) is 12.3 Å². The number of nitrogens with one attached hydrogen (secondary N) is 2. The zero-order valence-electron chi connectivity index (χ0n) is 19.6. The van der Waals surface area contributed by atoms with E-state index in [1.54, 1.807) is 60.7 Å². The molecule has 0 aliphatic carbocycles. The number of hydrogen-bond acceptors (Lipinski definition) is 6. The molecule has 8 nitrogen and oxygen atoms in total. The van der Waals surface area contributed by atoms with Crippen molar-refractivity contribution in [1.29, 1.82) is 0 Å². The van der Waals surface area contributed by atoms with E-state index in [1.807, 2.05) is 13.2 Å². The smallest absolute Gasteiger partial charge is 0.264 e. The van der Waals surface area contributed by atoms with E-state index in [2.05, 4.69) is 10.6 Å². The Morgan fingerprint density at radius 2 is 1.57 bits per heavy atom. The van der Waals surface area contributed by atoms with Crippen molar-refractivity contribution in [2.24, 2.45) is 0 Å². The number of nitrogens with zero attached hydrogens (tertiary/aromatic N) is 1. The molecule has 3 aromatic carbocycles. The summed E-state index contributed by atoms with van der Waals surface area (Å²) in [7, 11) is -4.05. The number of hydrogen-bond donors (Lipinski definition) is 2. The lowest BCUT2D eigenvalue weighted by molar-refractivity contribution is -0.115. The number of ether oxygens (including phenoxy) is 1. The third kappa shape index (κ3) is 7.00. The Bertz CT molecular complexity index is 1280. The molecular formula is C25H27N3O5S2. The largest absolute Gasteiger partial charge is 0.494 e. The van der Waals surface area contributed by atoms with Crippen LogP contribution in [0.25, 0.3) is 0 Å². The molecule has 3 rings (SSSR count). The Labute approximate surface area is 209 Å². The zero-order chi connectivity index (χ0) is 25.4. The Hall–Kier alpha value is -3.50. The summed E-state index contributed by atoms with van der Waals surface area (Å²) in [6.45, 7) is 3.26. The first-order valence-corrected chi connectivity index (χ1v) is 13.5. The van der Waals surface area contributed by atoms with Crippen LogP contribution in [-0.2, 0) is 19.6 Å². The molecule has 10 heteroatoms. The number of sulfonamides is 1. The first-order valence-electron chi connectivity index (χ1n) is 10.8. The van der Waals surface area contributed by atoms with Crippen molar-refractivity contribution >= 4 is 50.7 Å². The highest BCUT2D eigenvalue weighted by molar-refractivity contribution is 7.98. The number of anilines is 3. The molecule has 35 heavy (non-hydrogen) atoms. The quantitative estimate of drug-likeness (QED) is 0.384. The highest BCUT2D eigenvalue weighted by atomic mass is 32.2. The third-order valence-electron chi connectivity index (χ3n) is 4.84. The fraction of sp³-hybridized carbons (Fsp3) is 0.200. The van der Waals surface area contributed by atoms with Gasteiger partial charge in [-0.25, -0.2) is 8.42 Å². The summed E-state index contributed by atoms with van der Waals surface area (Å²) in [5.41, 5.74) is 1.26. The molecule has 0 aliphatic heterocycles. The van der Waals surface area contributed by atoms with Crippen molar-refractivity contribution < 1.29 is 22.7 Å². The monoisotopic (exact) mass is 513 g/mol. The summed E-state index contributed by atoms with van der Waals surface area (Å²) in [5.74, 6) is -0.186. The molecule has 0 heterocycles. The van der Waals surface area contributed by atoms with Gasteiger partial charge in [0.15, 0.2) is 0 Å². The molecule has 0 atom stereocenters. The second-order valence-electron chi connectivity index (χ2n) is 7.42. The number of thioether (sulfide) groups is 1. The van der Waals surface area contributed by atoms with Crippen LogP contribution in [0, 0.1) is 0 Å². The summed E-state index contributed by atoms with van der Waals surface area (Å²) in [6.07, 6.45) is 1.90. The van der Waals surface area contributed by atoms with Crippen LogP contribution in [-0.4, -0.2) is 39.6 Å². The topological polar surface area (TPSA) is 105 Å². The average molecular weight is 514 g/mol. The van der Waals surface area contributed by atoms with E-state index in [-0.39, 0.29) is 10.8 Å². The predicted molar refractivity (Wildman–Crippen MR) is 140 cm³/mol. The van der Waals surface area contributed by atoms with E-state index in [4.69, 9.17) is 4.74 Å². The minimum absolute atomic E-state index is 0.0737. The number of carbonyl (C=O) groups is 2. The Morgan fingerprint density at radius 1 is 0.943 bits per heavy atom. The minimum Gasteiger partial charge on any atom is -0.494 e. The maximum Gasteiger partial charge on any atom is 0.264 e. The summed E-state index contributed by atoms with van der Waals surface area (Å²) in [6, 6.07) is 19.6. The molecule has 184 valence electrons. The third-order valence-corrected chi connectivity index (χ3v) is 7.37. The van der Waals surface area contributed by atoms with Gasteiger partial charge in [-0.15, -0.1) is 11.8 Å². The van der Waals surface area contributed by atoms with Crippen LogP contribution < -0.4 is 19.7 Å². The molecule has 0 aromatic heterocycles. The molecule has 0 fully saturated rings. The van der Waals surface area contributed by atoms with E-state index in [9.17, 15) is 18.0 Å². The second-order valence-corrected chi connectivity index (χ2v) is 10.2. The number of rotatable bonds is 10. The molecule has 3 aromatic rings. The van der Waals surface area contributed by atoms with Gasteiger partial charge >= 0.3 is 0 Å². The van der Waals surface area contributed by atoms with E-state index in [1.165, 1.54) is 30.8 Å². The van der Waals surface area contributed by atoms with Crippen LogP contribution in [0.1, 0.15) is 13.8 Å². The van der Waals surface area contributed by atoms with Gasteiger partial charge < -0.3 is 15.4 Å². The normalized spacial score (nSPS) is 10.9. The summed E-state index contributed by atoms with van der Waals surface area (Å²) in [4.78, 5) is 25.3. The zero-order valence-corrected chi connectivity index (χ0v) is 21.3. The molecular weight excluding hydrogens is 486 g/mol. The van der Waals surface area contributed by atoms with Gasteiger partial charge in [0, 0.05) is 23.2 Å². The predicted octanol–water partition coefficient (Wildman–Crippen LogP) is 4.60. The van der Waals surface area contributed by atoms with Crippen LogP contribution in [0.5, 0.6) is 5.75 Å². The van der Waals surface area contributed by atoms with E-state index in [0.29, 0.717) is 29.4 Å². The molecule has 0 spiro atoms. The lowest BCUT2D eigenvalue weighted by Crippen LogP contribution is -2.38. The van der Waals surface area contributed by atoms with Crippen LogP contribution in [0.2, 0.25) is 0 Å². The summed E-state index contributed by atoms with van der Waals surface area (Å²) in [5, 5.41) is 5.35. The lowest BCUT2D eigenvalue weighted by Gasteiger charge is -2.24. The molecule has 0 aliphatic rings. The van der Waals surface area contributed by atoms with Gasteiger partial charge in [0.25, 0.3) is 10.0 Å². The maximum atomic E-state index is 13.6. The summed E-state index contributed by atoms with van der Waals surface area (Å²) < 4.78 is 33.6. The highest BCUT2D eigenvalue weighted by Gasteiger charge is 2.27. The molecule has 0 unspecified atom stereocenters. The van der Waals surface area contributed by atoms with Gasteiger partial charge in [-0.2, -0.15) is 0 Å². The van der Waals surface area contributed by atoms with Crippen molar-refractivity contribution in [3.63, 3.8) is 0 Å². The SMILES string of the molecule is CCOc1ccc(N(CC(=O)Nc2cccc(NC(C)=O)c2)S(=O)(=O)c2ccc(SC)cc2)cc1. The van der Waals surface area contributed by atoms with Crippen LogP contribution in [0.4, 0.5) is 17.1 Å². The first-order chi connectivity index (χ1) is 16.7. The van der Waals surface area contributed by atoms with E-state index in [0.717, 1.165) is 9.20 Å². The number of amides is 2. The second kappa shape index (κ2) is 11.8. The van der Waals surface area contributed by atoms with Gasteiger partial charge in [-0.3, -0.25) is 13.9 Å². The van der Waals surface area contributed by atoms with Crippen LogP contribution >= 0.6 is 11.8 Å². The van der Waals surface area contributed by atoms with Crippen LogP contribution in [0.3, 0.4) is 0 Å². The Balaban J connectivity index is 1.90. The van der Waals surface area contributed by atoms with Crippen molar-refractivity contribution in [3.8, 4) is 5.75 Å². The average Bonchev–Trinajstić information content (AvgIpc) is 2.83. The van der Waals surface area contributed by atoms with Gasteiger partial charge in [0.05, 0.1) is 17.2 Å². The molecule has 0 saturated heterocycles. The van der Waals surface area contributed by atoms with Crippen molar-refractivity contribution in [2.75, 3.05) is 34.3 Å².